The van der Waals surface area contributed by atoms with E-state index in [0.717, 1.165) is 36.6 Å². The van der Waals surface area contributed by atoms with Crippen molar-refractivity contribution in [3.63, 3.8) is 0 Å². The van der Waals surface area contributed by atoms with Crippen molar-refractivity contribution in [1.29, 1.82) is 0 Å². The third-order valence-electron chi connectivity index (χ3n) is 6.38. The summed E-state index contributed by atoms with van der Waals surface area (Å²) in [6.07, 6.45) is 1.63. The predicted octanol–water partition coefficient (Wildman–Crippen LogP) is 7.11. The molecule has 0 saturated carbocycles. The fourth-order valence-electron chi connectivity index (χ4n) is 4.36. The molecule has 10 heteroatoms. The summed E-state index contributed by atoms with van der Waals surface area (Å²) in [6, 6.07) is 24.8. The summed E-state index contributed by atoms with van der Waals surface area (Å²) >= 11 is 2.97. The Kier molecular flexibility index (Phi) is 9.33. The van der Waals surface area contributed by atoms with Gasteiger partial charge in [-0.1, -0.05) is 36.4 Å². The van der Waals surface area contributed by atoms with Crippen LogP contribution in [0.3, 0.4) is 0 Å². The van der Waals surface area contributed by atoms with E-state index in [1.165, 1.54) is 0 Å². The van der Waals surface area contributed by atoms with Crippen LogP contribution in [-0.4, -0.2) is 42.2 Å². The van der Waals surface area contributed by atoms with Gasteiger partial charge >= 0.3 is 0 Å². The first-order valence-electron chi connectivity index (χ1n) is 13.1. The molecule has 1 aliphatic heterocycles. The zero-order valence-electron chi connectivity index (χ0n) is 22.9. The van der Waals surface area contributed by atoms with Crippen molar-refractivity contribution >= 4 is 73.9 Å². The van der Waals surface area contributed by atoms with Gasteiger partial charge in [0.15, 0.2) is 11.5 Å². The molecule has 42 heavy (non-hydrogen) atoms. The van der Waals surface area contributed by atoms with Gasteiger partial charge in [-0.2, -0.15) is 0 Å². The first-order valence-corrected chi connectivity index (χ1v) is 15.0. The lowest BCUT2D eigenvalue weighted by Gasteiger charge is -2.15. The van der Waals surface area contributed by atoms with Gasteiger partial charge < -0.3 is 19.5 Å². The summed E-state index contributed by atoms with van der Waals surface area (Å²) in [5.41, 5.74) is 2.24. The van der Waals surface area contributed by atoms with Gasteiger partial charge in [0.25, 0.3) is 11.1 Å². The van der Waals surface area contributed by atoms with Gasteiger partial charge in [-0.3, -0.25) is 19.3 Å². The number of amides is 3. The molecule has 0 aliphatic carbocycles. The van der Waals surface area contributed by atoms with E-state index in [2.05, 4.69) is 52.2 Å². The summed E-state index contributed by atoms with van der Waals surface area (Å²) in [5.74, 6) is 0.778. The number of nitrogens with zero attached hydrogens (tertiary/aromatic N) is 1. The molecule has 0 unspecified atom stereocenters. The molecule has 3 amide bonds. The molecule has 8 nitrogen and oxygen atoms in total. The van der Waals surface area contributed by atoms with E-state index in [4.69, 9.17) is 14.2 Å². The fourth-order valence-corrected chi connectivity index (χ4v) is 5.98. The topological polar surface area (TPSA) is 94.2 Å². The molecular weight excluding hydrogens is 667 g/mol. The highest BCUT2D eigenvalue weighted by molar-refractivity contribution is 14.1. The standard InChI is InChI=1S/C32H27IN2O6S/c1-3-40-27-16-21(15-26(33)30(27)41-19-20-8-9-22-6-4-5-7-23(22)14-20)17-28-31(37)35(32(38)42-28)18-29(36)34-24-10-12-25(39-2)13-11-24/h4-17H,3,18-19H2,1-2H3,(H,34,36)/b28-17+. The summed E-state index contributed by atoms with van der Waals surface area (Å²) in [4.78, 5) is 39.4. The number of thioether (sulfide) groups is 1. The minimum atomic E-state index is -0.528. The number of hydrogen-bond acceptors (Lipinski definition) is 7. The quantitative estimate of drug-likeness (QED) is 0.140. The van der Waals surface area contributed by atoms with Crippen LogP contribution < -0.4 is 19.5 Å². The number of halogens is 1. The van der Waals surface area contributed by atoms with Crippen molar-refractivity contribution in [3.05, 3.63) is 98.5 Å². The van der Waals surface area contributed by atoms with Gasteiger partial charge in [0, 0.05) is 5.69 Å². The Morgan fingerprint density at radius 1 is 0.976 bits per heavy atom. The Morgan fingerprint density at radius 3 is 2.48 bits per heavy atom. The zero-order chi connectivity index (χ0) is 29.6. The minimum absolute atomic E-state index is 0.223. The third-order valence-corrected chi connectivity index (χ3v) is 8.08. The normalized spacial score (nSPS) is 14.0. The molecule has 4 aromatic carbocycles. The first kappa shape index (κ1) is 29.5. The van der Waals surface area contributed by atoms with E-state index in [1.807, 2.05) is 31.2 Å². The largest absolute Gasteiger partial charge is 0.497 e. The zero-order valence-corrected chi connectivity index (χ0v) is 25.9. The van der Waals surface area contributed by atoms with Crippen molar-refractivity contribution in [2.75, 3.05) is 25.6 Å². The Labute approximate surface area is 261 Å². The molecule has 1 aliphatic rings. The van der Waals surface area contributed by atoms with Gasteiger partial charge in [0.05, 0.1) is 22.2 Å². The lowest BCUT2D eigenvalue weighted by molar-refractivity contribution is -0.127. The van der Waals surface area contributed by atoms with E-state index in [0.29, 0.717) is 41.7 Å². The maximum absolute atomic E-state index is 13.1. The number of benzene rings is 4. The van der Waals surface area contributed by atoms with E-state index < -0.39 is 23.6 Å². The van der Waals surface area contributed by atoms with E-state index >= 15 is 0 Å². The van der Waals surface area contributed by atoms with Crippen LogP contribution in [0.25, 0.3) is 16.8 Å². The number of fused-ring (bicyclic) bond motifs is 1. The van der Waals surface area contributed by atoms with Gasteiger partial charge in [-0.05, 0) is 112 Å². The lowest BCUT2D eigenvalue weighted by Crippen LogP contribution is -2.36. The number of carbonyl (C=O) groups excluding carboxylic acids is 3. The fraction of sp³-hybridized carbons (Fsp3) is 0.156. The van der Waals surface area contributed by atoms with Crippen molar-refractivity contribution in [2.24, 2.45) is 0 Å². The van der Waals surface area contributed by atoms with Crippen LogP contribution in [0.15, 0.2) is 83.8 Å². The van der Waals surface area contributed by atoms with Crippen molar-refractivity contribution in [1.82, 2.24) is 4.90 Å². The number of nitrogens with one attached hydrogen (secondary N) is 1. The number of hydrogen-bond donors (Lipinski definition) is 1. The molecule has 5 rings (SSSR count). The summed E-state index contributed by atoms with van der Waals surface area (Å²) in [5, 5.41) is 4.49. The monoisotopic (exact) mass is 694 g/mol. The molecule has 0 aromatic heterocycles. The van der Waals surface area contributed by atoms with Gasteiger partial charge in [-0.25, -0.2) is 0 Å². The summed E-state index contributed by atoms with van der Waals surface area (Å²) in [7, 11) is 1.55. The molecule has 1 fully saturated rings. The summed E-state index contributed by atoms with van der Waals surface area (Å²) in [6.45, 7) is 2.27. The SMILES string of the molecule is CCOc1cc(/C=C2/SC(=O)N(CC(=O)Nc3ccc(OC)cc3)C2=O)cc(I)c1OCc1ccc2ccccc2c1. The number of imide groups is 1. The predicted molar refractivity (Wildman–Crippen MR) is 173 cm³/mol. The minimum Gasteiger partial charge on any atom is -0.497 e. The highest BCUT2D eigenvalue weighted by Gasteiger charge is 2.36. The Balaban J connectivity index is 1.29. The Bertz CT molecular complexity index is 1690. The van der Waals surface area contributed by atoms with E-state index in [9.17, 15) is 14.4 Å². The smallest absolute Gasteiger partial charge is 0.294 e. The number of methoxy groups -OCH3 is 1. The van der Waals surface area contributed by atoms with Crippen molar-refractivity contribution < 1.29 is 28.6 Å². The van der Waals surface area contributed by atoms with Gasteiger partial charge in [-0.15, -0.1) is 0 Å². The van der Waals surface area contributed by atoms with Crippen LogP contribution in [0.1, 0.15) is 18.1 Å². The van der Waals surface area contributed by atoms with E-state index in [1.54, 1.807) is 43.5 Å². The van der Waals surface area contributed by atoms with Crippen molar-refractivity contribution in [3.8, 4) is 17.2 Å². The number of carbonyl (C=O) groups is 3. The van der Waals surface area contributed by atoms with Crippen LogP contribution >= 0.6 is 34.4 Å². The molecule has 0 radical (unpaired) electrons. The second kappa shape index (κ2) is 13.3. The summed E-state index contributed by atoms with van der Waals surface area (Å²) < 4.78 is 18.0. The van der Waals surface area contributed by atoms with Crippen LogP contribution in [-0.2, 0) is 16.2 Å². The highest BCUT2D eigenvalue weighted by Crippen LogP contribution is 2.38. The second-order valence-electron chi connectivity index (χ2n) is 9.28. The van der Waals surface area contributed by atoms with Crippen LogP contribution in [0.2, 0.25) is 0 Å². The van der Waals surface area contributed by atoms with Gasteiger partial charge in [0.2, 0.25) is 5.91 Å². The average Bonchev–Trinajstić information content (AvgIpc) is 3.24. The first-order chi connectivity index (χ1) is 20.3. The van der Waals surface area contributed by atoms with Crippen LogP contribution in [0.5, 0.6) is 17.2 Å². The van der Waals surface area contributed by atoms with Crippen LogP contribution in [0.4, 0.5) is 10.5 Å². The lowest BCUT2D eigenvalue weighted by atomic mass is 10.1. The van der Waals surface area contributed by atoms with E-state index in [-0.39, 0.29) is 4.91 Å². The molecular formula is C32H27IN2O6S. The molecule has 0 atom stereocenters. The highest BCUT2D eigenvalue weighted by atomic mass is 127. The molecule has 4 aromatic rings. The maximum atomic E-state index is 13.1. The molecule has 214 valence electrons. The van der Waals surface area contributed by atoms with Gasteiger partial charge in [0.1, 0.15) is 18.9 Å². The molecule has 1 saturated heterocycles. The Morgan fingerprint density at radius 2 is 1.74 bits per heavy atom. The van der Waals surface area contributed by atoms with Crippen LogP contribution in [0, 0.1) is 3.57 Å². The van der Waals surface area contributed by atoms with Crippen molar-refractivity contribution in [2.45, 2.75) is 13.5 Å². The molecule has 0 bridgehead atoms. The number of rotatable bonds is 10. The number of anilines is 1. The number of ether oxygens (including phenoxy) is 3. The molecule has 1 heterocycles. The third kappa shape index (κ3) is 6.88. The molecule has 0 spiro atoms. The second-order valence-corrected chi connectivity index (χ2v) is 11.4. The Hall–Kier alpha value is -4.03. The molecule has 1 N–H and O–H groups in total. The maximum Gasteiger partial charge on any atom is 0.294 e. The average molecular weight is 695 g/mol.